The lowest BCUT2D eigenvalue weighted by atomic mass is 10.1. The number of methoxy groups -OCH3 is 2. The SMILES string of the molecule is COc1ccc([C@@H](N)CF)c(Cl)c1OC.Cl. The standard InChI is InChI=1S/C10H13ClFNO2.ClH/c1-14-8-4-3-6(7(13)5-12)9(11)10(8)15-2;/h3-4,7H,5,13H2,1-2H3;1H/t7-;/m0./s1. The molecule has 0 saturated heterocycles. The Hall–Kier alpha value is -0.710. The van der Waals surface area contributed by atoms with Crippen molar-refractivity contribution >= 4 is 24.0 Å². The van der Waals surface area contributed by atoms with Gasteiger partial charge in [0.15, 0.2) is 11.5 Å². The van der Waals surface area contributed by atoms with Crippen LogP contribution in [0.2, 0.25) is 5.02 Å². The second kappa shape index (κ2) is 6.78. The molecule has 0 fully saturated rings. The van der Waals surface area contributed by atoms with Gasteiger partial charge < -0.3 is 15.2 Å². The average Bonchev–Trinajstić information content (AvgIpc) is 2.27. The Bertz CT molecular complexity index is 350. The second-order valence-corrected chi connectivity index (χ2v) is 3.34. The van der Waals surface area contributed by atoms with Crippen molar-refractivity contribution in [2.75, 3.05) is 20.9 Å². The van der Waals surface area contributed by atoms with E-state index < -0.39 is 12.7 Å². The maximum Gasteiger partial charge on any atom is 0.179 e. The van der Waals surface area contributed by atoms with Crippen molar-refractivity contribution in [2.24, 2.45) is 5.73 Å². The highest BCUT2D eigenvalue weighted by Gasteiger charge is 2.17. The van der Waals surface area contributed by atoms with Crippen LogP contribution in [-0.4, -0.2) is 20.9 Å². The van der Waals surface area contributed by atoms with Gasteiger partial charge in [-0.15, -0.1) is 12.4 Å². The van der Waals surface area contributed by atoms with Crippen molar-refractivity contribution in [1.82, 2.24) is 0 Å². The topological polar surface area (TPSA) is 44.5 Å². The first-order chi connectivity index (χ1) is 7.15. The van der Waals surface area contributed by atoms with E-state index in [1.54, 1.807) is 12.1 Å². The highest BCUT2D eigenvalue weighted by molar-refractivity contribution is 6.33. The van der Waals surface area contributed by atoms with E-state index >= 15 is 0 Å². The molecule has 6 heteroatoms. The summed E-state index contributed by atoms with van der Waals surface area (Å²) in [5.74, 6) is 0.873. The summed E-state index contributed by atoms with van der Waals surface area (Å²) in [5.41, 5.74) is 6.07. The van der Waals surface area contributed by atoms with Crippen LogP contribution in [0.15, 0.2) is 12.1 Å². The lowest BCUT2D eigenvalue weighted by Gasteiger charge is -2.15. The average molecular weight is 270 g/mol. The first-order valence-corrected chi connectivity index (χ1v) is 4.75. The summed E-state index contributed by atoms with van der Waals surface area (Å²) in [6.07, 6.45) is 0. The molecule has 0 radical (unpaired) electrons. The molecule has 16 heavy (non-hydrogen) atoms. The molecule has 0 heterocycles. The number of benzene rings is 1. The van der Waals surface area contributed by atoms with Crippen LogP contribution in [0.3, 0.4) is 0 Å². The van der Waals surface area contributed by atoms with Crippen LogP contribution in [0.5, 0.6) is 11.5 Å². The van der Waals surface area contributed by atoms with Gasteiger partial charge in [0.05, 0.1) is 25.3 Å². The van der Waals surface area contributed by atoms with Crippen molar-refractivity contribution in [3.8, 4) is 11.5 Å². The number of hydrogen-bond donors (Lipinski definition) is 1. The molecule has 0 aliphatic heterocycles. The van der Waals surface area contributed by atoms with E-state index in [2.05, 4.69) is 0 Å². The van der Waals surface area contributed by atoms with Crippen LogP contribution in [0.4, 0.5) is 4.39 Å². The summed E-state index contributed by atoms with van der Waals surface area (Å²) in [5, 5.41) is 0.294. The second-order valence-electron chi connectivity index (χ2n) is 2.97. The van der Waals surface area contributed by atoms with Gasteiger partial charge in [0.1, 0.15) is 6.67 Å². The zero-order chi connectivity index (χ0) is 11.4. The number of rotatable bonds is 4. The third kappa shape index (κ3) is 2.90. The lowest BCUT2D eigenvalue weighted by molar-refractivity contribution is 0.353. The summed E-state index contributed by atoms with van der Waals surface area (Å²) in [6, 6.07) is 2.54. The van der Waals surface area contributed by atoms with Crippen molar-refractivity contribution in [3.63, 3.8) is 0 Å². The number of nitrogens with two attached hydrogens (primary N) is 1. The Morgan fingerprint density at radius 2 is 2.00 bits per heavy atom. The van der Waals surface area contributed by atoms with E-state index in [9.17, 15) is 4.39 Å². The molecule has 2 N–H and O–H groups in total. The normalized spacial score (nSPS) is 11.6. The molecule has 0 aliphatic carbocycles. The summed E-state index contributed by atoms with van der Waals surface area (Å²) >= 11 is 6.01. The molecule has 0 aromatic heterocycles. The molecule has 92 valence electrons. The van der Waals surface area contributed by atoms with Crippen molar-refractivity contribution in [2.45, 2.75) is 6.04 Å². The molecular weight excluding hydrogens is 256 g/mol. The molecule has 1 atom stereocenters. The number of ether oxygens (including phenoxy) is 2. The first kappa shape index (κ1) is 15.3. The zero-order valence-electron chi connectivity index (χ0n) is 9.00. The predicted molar refractivity (Wildman–Crippen MR) is 64.7 cm³/mol. The molecule has 1 aromatic rings. The van der Waals surface area contributed by atoms with Gasteiger partial charge in [0.2, 0.25) is 0 Å². The van der Waals surface area contributed by atoms with E-state index in [0.717, 1.165) is 0 Å². The molecule has 0 saturated carbocycles. The molecule has 0 amide bonds. The largest absolute Gasteiger partial charge is 0.493 e. The number of alkyl halides is 1. The summed E-state index contributed by atoms with van der Waals surface area (Å²) < 4.78 is 22.5. The number of hydrogen-bond acceptors (Lipinski definition) is 3. The van der Waals surface area contributed by atoms with Crippen LogP contribution in [-0.2, 0) is 0 Å². The van der Waals surface area contributed by atoms with Gasteiger partial charge in [-0.1, -0.05) is 17.7 Å². The van der Waals surface area contributed by atoms with Crippen LogP contribution in [0.1, 0.15) is 11.6 Å². The smallest absolute Gasteiger partial charge is 0.179 e. The maximum absolute atomic E-state index is 12.4. The first-order valence-electron chi connectivity index (χ1n) is 4.37. The monoisotopic (exact) mass is 269 g/mol. The maximum atomic E-state index is 12.4. The number of halogens is 3. The molecule has 0 spiro atoms. The Morgan fingerprint density at radius 1 is 1.38 bits per heavy atom. The highest BCUT2D eigenvalue weighted by Crippen LogP contribution is 2.39. The van der Waals surface area contributed by atoms with E-state index in [4.69, 9.17) is 26.8 Å². The van der Waals surface area contributed by atoms with Gasteiger partial charge in [0.25, 0.3) is 0 Å². The van der Waals surface area contributed by atoms with Crippen LogP contribution in [0, 0.1) is 0 Å². The Kier molecular flexibility index (Phi) is 6.48. The van der Waals surface area contributed by atoms with Gasteiger partial charge in [-0.25, -0.2) is 4.39 Å². The Morgan fingerprint density at radius 3 is 2.44 bits per heavy atom. The third-order valence-corrected chi connectivity index (χ3v) is 2.47. The minimum absolute atomic E-state index is 0. The van der Waals surface area contributed by atoms with Crippen LogP contribution in [0.25, 0.3) is 0 Å². The van der Waals surface area contributed by atoms with Crippen LogP contribution < -0.4 is 15.2 Å². The lowest BCUT2D eigenvalue weighted by Crippen LogP contribution is -2.13. The van der Waals surface area contributed by atoms with Crippen molar-refractivity contribution < 1.29 is 13.9 Å². The molecule has 3 nitrogen and oxygen atoms in total. The summed E-state index contributed by atoms with van der Waals surface area (Å²) in [4.78, 5) is 0. The quantitative estimate of drug-likeness (QED) is 0.914. The van der Waals surface area contributed by atoms with Gasteiger partial charge in [0, 0.05) is 0 Å². The fraction of sp³-hybridized carbons (Fsp3) is 0.400. The minimum Gasteiger partial charge on any atom is -0.493 e. The fourth-order valence-corrected chi connectivity index (χ4v) is 1.65. The molecular formula is C10H14Cl2FNO2. The van der Waals surface area contributed by atoms with E-state index in [-0.39, 0.29) is 12.4 Å². The van der Waals surface area contributed by atoms with Crippen molar-refractivity contribution in [3.05, 3.63) is 22.7 Å². The molecule has 0 unspecified atom stereocenters. The van der Waals surface area contributed by atoms with E-state index in [0.29, 0.717) is 22.1 Å². The summed E-state index contributed by atoms with van der Waals surface area (Å²) in [7, 11) is 2.97. The minimum atomic E-state index is -0.739. The Labute approximate surface area is 105 Å². The van der Waals surface area contributed by atoms with Crippen molar-refractivity contribution in [1.29, 1.82) is 0 Å². The predicted octanol–water partition coefficient (Wildman–Crippen LogP) is 2.75. The molecule has 1 aromatic carbocycles. The van der Waals surface area contributed by atoms with Gasteiger partial charge in [-0.05, 0) is 11.6 Å². The molecule has 1 rings (SSSR count). The van der Waals surface area contributed by atoms with E-state index in [1.165, 1.54) is 14.2 Å². The van der Waals surface area contributed by atoms with Gasteiger partial charge >= 0.3 is 0 Å². The molecule has 0 bridgehead atoms. The zero-order valence-corrected chi connectivity index (χ0v) is 10.6. The molecule has 0 aliphatic rings. The highest BCUT2D eigenvalue weighted by atomic mass is 35.5. The fourth-order valence-electron chi connectivity index (χ4n) is 1.27. The van der Waals surface area contributed by atoms with Gasteiger partial charge in [-0.3, -0.25) is 0 Å². The van der Waals surface area contributed by atoms with Gasteiger partial charge in [-0.2, -0.15) is 0 Å². The Balaban J connectivity index is 0.00000225. The van der Waals surface area contributed by atoms with E-state index in [1.807, 2.05) is 0 Å². The summed E-state index contributed by atoms with van der Waals surface area (Å²) in [6.45, 7) is -0.671. The van der Waals surface area contributed by atoms with Crippen LogP contribution >= 0.6 is 24.0 Å². The third-order valence-electron chi connectivity index (χ3n) is 2.08.